The first kappa shape index (κ1) is 14.3. The van der Waals surface area contributed by atoms with Crippen LogP contribution >= 0.6 is 11.7 Å². The lowest BCUT2D eigenvalue weighted by Gasteiger charge is -2.08. The Morgan fingerprint density at radius 3 is 2.59 bits per heavy atom. The molecule has 0 bridgehead atoms. The molecule has 1 heterocycles. The molecule has 0 aliphatic rings. The predicted molar refractivity (Wildman–Crippen MR) is 84.5 cm³/mol. The van der Waals surface area contributed by atoms with Crippen LogP contribution in [0.2, 0.25) is 0 Å². The van der Waals surface area contributed by atoms with Crippen LogP contribution in [0.4, 0.5) is 5.69 Å². The summed E-state index contributed by atoms with van der Waals surface area (Å²) in [5.41, 5.74) is 2.25. The first-order chi connectivity index (χ1) is 10.7. The molecule has 0 aliphatic carbocycles. The Bertz CT molecular complexity index is 786. The summed E-state index contributed by atoms with van der Waals surface area (Å²) in [5.74, 6) is 1.11. The number of ether oxygens (including phenoxy) is 2. The summed E-state index contributed by atoms with van der Waals surface area (Å²) in [7, 11) is 1.60. The van der Waals surface area contributed by atoms with Crippen LogP contribution in [0.5, 0.6) is 11.5 Å². The number of hydrogen-bond donors (Lipinski definition) is 1. The van der Waals surface area contributed by atoms with Crippen molar-refractivity contribution in [3.05, 3.63) is 42.5 Å². The number of carbonyl (C=O) groups excluding carboxylic acids is 1. The van der Waals surface area contributed by atoms with Gasteiger partial charge in [0.25, 0.3) is 5.91 Å². The topological polar surface area (TPSA) is 73.3 Å². The fourth-order valence-corrected chi connectivity index (χ4v) is 2.40. The minimum absolute atomic E-state index is 0.0698. The molecule has 0 spiro atoms. The number of carbonyl (C=O) groups is 1. The van der Waals surface area contributed by atoms with Crippen LogP contribution < -0.4 is 14.8 Å². The van der Waals surface area contributed by atoms with Crippen LogP contribution in [-0.2, 0) is 4.79 Å². The molecule has 0 saturated carbocycles. The number of benzene rings is 2. The van der Waals surface area contributed by atoms with Gasteiger partial charge < -0.3 is 14.8 Å². The summed E-state index contributed by atoms with van der Waals surface area (Å²) < 4.78 is 18.7. The monoisotopic (exact) mass is 315 g/mol. The first-order valence-corrected chi connectivity index (χ1v) is 7.26. The average Bonchev–Trinajstić information content (AvgIpc) is 3.01. The van der Waals surface area contributed by atoms with E-state index in [1.54, 1.807) is 43.5 Å². The maximum atomic E-state index is 11.9. The lowest BCUT2D eigenvalue weighted by atomic mass is 10.3. The third-order valence-corrected chi connectivity index (χ3v) is 3.52. The van der Waals surface area contributed by atoms with Gasteiger partial charge in [-0.3, -0.25) is 4.79 Å². The number of aromatic nitrogens is 2. The van der Waals surface area contributed by atoms with Gasteiger partial charge in [-0.1, -0.05) is 0 Å². The molecule has 0 atom stereocenters. The zero-order valence-corrected chi connectivity index (χ0v) is 12.6. The van der Waals surface area contributed by atoms with Crippen LogP contribution in [0.1, 0.15) is 0 Å². The van der Waals surface area contributed by atoms with Crippen molar-refractivity contribution in [2.75, 3.05) is 19.0 Å². The van der Waals surface area contributed by atoms with E-state index in [9.17, 15) is 4.79 Å². The summed E-state index contributed by atoms with van der Waals surface area (Å²) in [5, 5.41) is 2.76. The summed E-state index contributed by atoms with van der Waals surface area (Å²) in [6, 6.07) is 12.4. The average molecular weight is 315 g/mol. The van der Waals surface area contributed by atoms with Gasteiger partial charge in [0.2, 0.25) is 0 Å². The lowest BCUT2D eigenvalue weighted by molar-refractivity contribution is -0.118. The third kappa shape index (κ3) is 3.32. The van der Waals surface area contributed by atoms with Crippen LogP contribution in [0.3, 0.4) is 0 Å². The molecule has 1 aromatic heterocycles. The maximum absolute atomic E-state index is 11.9. The van der Waals surface area contributed by atoms with Gasteiger partial charge in [0.05, 0.1) is 18.8 Å². The predicted octanol–water partition coefficient (Wildman–Crippen LogP) is 2.72. The number of hydrogen-bond acceptors (Lipinski definition) is 6. The van der Waals surface area contributed by atoms with E-state index in [2.05, 4.69) is 14.1 Å². The normalized spacial score (nSPS) is 10.4. The smallest absolute Gasteiger partial charge is 0.262 e. The Kier molecular flexibility index (Phi) is 4.15. The highest BCUT2D eigenvalue weighted by Crippen LogP contribution is 2.18. The Hall–Kier alpha value is -2.67. The van der Waals surface area contributed by atoms with E-state index in [4.69, 9.17) is 9.47 Å². The summed E-state index contributed by atoms with van der Waals surface area (Å²) in [6.07, 6.45) is 0. The first-order valence-electron chi connectivity index (χ1n) is 6.53. The summed E-state index contributed by atoms with van der Waals surface area (Å²) in [6.45, 7) is -0.0698. The second-order valence-electron chi connectivity index (χ2n) is 4.48. The van der Waals surface area contributed by atoms with Crippen molar-refractivity contribution in [2.45, 2.75) is 0 Å². The van der Waals surface area contributed by atoms with Crippen LogP contribution in [0.15, 0.2) is 42.5 Å². The highest BCUT2D eigenvalue weighted by molar-refractivity contribution is 7.00. The molecule has 0 saturated heterocycles. The van der Waals surface area contributed by atoms with Crippen LogP contribution in [0, 0.1) is 0 Å². The molecular formula is C15H13N3O3S. The maximum Gasteiger partial charge on any atom is 0.262 e. The molecule has 7 heteroatoms. The quantitative estimate of drug-likeness (QED) is 0.783. The number of nitrogens with zero attached hydrogens (tertiary/aromatic N) is 2. The molecular weight excluding hydrogens is 302 g/mol. The molecule has 0 fully saturated rings. The summed E-state index contributed by atoms with van der Waals surface area (Å²) in [4.78, 5) is 11.9. The molecule has 3 aromatic rings. The largest absolute Gasteiger partial charge is 0.497 e. The number of nitrogens with one attached hydrogen (secondary N) is 1. The fourth-order valence-electron chi connectivity index (χ4n) is 1.88. The Labute approximate surface area is 131 Å². The van der Waals surface area contributed by atoms with Crippen molar-refractivity contribution in [3.63, 3.8) is 0 Å². The van der Waals surface area contributed by atoms with Crippen molar-refractivity contribution in [1.82, 2.24) is 8.75 Å². The van der Waals surface area contributed by atoms with E-state index in [-0.39, 0.29) is 12.5 Å². The Morgan fingerprint density at radius 2 is 1.82 bits per heavy atom. The highest BCUT2D eigenvalue weighted by atomic mass is 32.1. The summed E-state index contributed by atoms with van der Waals surface area (Å²) >= 11 is 1.14. The van der Waals surface area contributed by atoms with Crippen LogP contribution in [0.25, 0.3) is 11.0 Å². The molecule has 1 amide bonds. The molecule has 0 unspecified atom stereocenters. The SMILES string of the molecule is COc1ccc(OCC(=O)Nc2ccc3nsnc3c2)cc1. The second kappa shape index (κ2) is 6.40. The number of amides is 1. The van der Waals surface area contributed by atoms with Gasteiger partial charge in [0, 0.05) is 5.69 Å². The van der Waals surface area contributed by atoms with E-state index >= 15 is 0 Å². The van der Waals surface area contributed by atoms with Crippen molar-refractivity contribution >= 4 is 34.4 Å². The van der Waals surface area contributed by atoms with Crippen molar-refractivity contribution in [1.29, 1.82) is 0 Å². The fraction of sp³-hybridized carbons (Fsp3) is 0.133. The number of rotatable bonds is 5. The van der Waals surface area contributed by atoms with E-state index in [1.165, 1.54) is 0 Å². The van der Waals surface area contributed by atoms with Gasteiger partial charge in [0.15, 0.2) is 6.61 Å². The van der Waals surface area contributed by atoms with Gasteiger partial charge in [-0.2, -0.15) is 8.75 Å². The van der Waals surface area contributed by atoms with Crippen molar-refractivity contribution in [3.8, 4) is 11.5 Å². The van der Waals surface area contributed by atoms with Gasteiger partial charge in [-0.25, -0.2) is 0 Å². The Morgan fingerprint density at radius 1 is 1.09 bits per heavy atom. The van der Waals surface area contributed by atoms with Gasteiger partial charge in [-0.05, 0) is 42.5 Å². The van der Waals surface area contributed by atoms with Crippen molar-refractivity contribution < 1.29 is 14.3 Å². The minimum Gasteiger partial charge on any atom is -0.497 e. The second-order valence-corrected chi connectivity index (χ2v) is 5.01. The van der Waals surface area contributed by atoms with E-state index in [0.29, 0.717) is 11.4 Å². The highest BCUT2D eigenvalue weighted by Gasteiger charge is 2.06. The lowest BCUT2D eigenvalue weighted by Crippen LogP contribution is -2.20. The zero-order valence-electron chi connectivity index (χ0n) is 11.8. The van der Waals surface area contributed by atoms with E-state index in [0.717, 1.165) is 28.5 Å². The van der Waals surface area contributed by atoms with Gasteiger partial charge in [-0.15, -0.1) is 0 Å². The molecule has 22 heavy (non-hydrogen) atoms. The molecule has 2 aromatic carbocycles. The number of anilines is 1. The minimum atomic E-state index is -0.238. The molecule has 0 aliphatic heterocycles. The van der Waals surface area contributed by atoms with Gasteiger partial charge in [0.1, 0.15) is 22.5 Å². The molecule has 112 valence electrons. The third-order valence-electron chi connectivity index (χ3n) is 2.97. The van der Waals surface area contributed by atoms with Crippen LogP contribution in [-0.4, -0.2) is 28.4 Å². The van der Waals surface area contributed by atoms with E-state index < -0.39 is 0 Å². The molecule has 1 N–H and O–H groups in total. The zero-order chi connectivity index (χ0) is 15.4. The standard InChI is InChI=1S/C15H13N3O3S/c1-20-11-3-5-12(6-4-11)21-9-15(19)16-10-2-7-13-14(8-10)18-22-17-13/h2-8H,9H2,1H3,(H,16,19). The molecule has 0 radical (unpaired) electrons. The Balaban J connectivity index is 1.57. The van der Waals surface area contributed by atoms with Crippen molar-refractivity contribution in [2.24, 2.45) is 0 Å². The van der Waals surface area contributed by atoms with E-state index in [1.807, 2.05) is 6.07 Å². The number of fused-ring (bicyclic) bond motifs is 1. The van der Waals surface area contributed by atoms with Gasteiger partial charge >= 0.3 is 0 Å². The number of methoxy groups -OCH3 is 1. The molecule has 6 nitrogen and oxygen atoms in total. The molecule has 3 rings (SSSR count).